The first-order valence-electron chi connectivity index (χ1n) is 8.98. The average molecular weight is 372 g/mol. The molecule has 0 radical (unpaired) electrons. The van der Waals surface area contributed by atoms with Crippen LogP contribution in [-0.2, 0) is 4.79 Å². The molecule has 6 nitrogen and oxygen atoms in total. The number of hydrogen-bond donors (Lipinski definition) is 2. The predicted octanol–water partition coefficient (Wildman–Crippen LogP) is 2.93. The summed E-state index contributed by atoms with van der Waals surface area (Å²) in [5.74, 6) is 1.53. The van der Waals surface area contributed by atoms with Gasteiger partial charge in [0.2, 0.25) is 5.91 Å². The van der Waals surface area contributed by atoms with E-state index in [1.807, 2.05) is 12.3 Å². The molecule has 2 aromatic rings. The van der Waals surface area contributed by atoms with Gasteiger partial charge in [-0.05, 0) is 43.4 Å². The number of carbonyl (C=O) groups excluding carboxylic acids is 1. The number of aromatic amines is 1. The van der Waals surface area contributed by atoms with Gasteiger partial charge in [0.15, 0.2) is 0 Å². The normalized spacial score (nSPS) is 15.7. The molecule has 1 fully saturated rings. The number of H-pyrrole nitrogens is 1. The number of hydrogen-bond acceptors (Lipinski definition) is 5. The molecule has 2 N–H and O–H groups in total. The molecule has 26 heavy (non-hydrogen) atoms. The van der Waals surface area contributed by atoms with Gasteiger partial charge in [0.1, 0.15) is 5.82 Å². The maximum absolute atomic E-state index is 12.6. The van der Waals surface area contributed by atoms with E-state index >= 15 is 0 Å². The summed E-state index contributed by atoms with van der Waals surface area (Å²) in [7, 11) is 0. The van der Waals surface area contributed by atoms with Crippen LogP contribution in [0.25, 0.3) is 11.4 Å². The van der Waals surface area contributed by atoms with E-state index in [1.165, 1.54) is 6.07 Å². The number of amides is 1. The monoisotopic (exact) mass is 372 g/mol. The summed E-state index contributed by atoms with van der Waals surface area (Å²) in [6.07, 6.45) is 10.2. The van der Waals surface area contributed by atoms with Gasteiger partial charge in [0.25, 0.3) is 5.56 Å². The zero-order valence-corrected chi connectivity index (χ0v) is 15.7. The van der Waals surface area contributed by atoms with Crippen LogP contribution in [0, 0.1) is 5.92 Å². The van der Waals surface area contributed by atoms with Crippen molar-refractivity contribution in [1.29, 1.82) is 0 Å². The van der Waals surface area contributed by atoms with E-state index in [2.05, 4.69) is 20.3 Å². The van der Waals surface area contributed by atoms with Crippen molar-refractivity contribution in [1.82, 2.24) is 20.3 Å². The molecule has 1 amide bonds. The van der Waals surface area contributed by atoms with Gasteiger partial charge in [0.05, 0.1) is 11.7 Å². The van der Waals surface area contributed by atoms with E-state index in [9.17, 15) is 9.59 Å². The Kier molecular flexibility index (Phi) is 6.44. The lowest BCUT2D eigenvalue weighted by atomic mass is 10.1. The second-order valence-electron chi connectivity index (χ2n) is 6.58. The number of rotatable bonds is 7. The minimum atomic E-state index is -0.256. The van der Waals surface area contributed by atoms with Crippen molar-refractivity contribution in [2.45, 2.75) is 38.1 Å². The van der Waals surface area contributed by atoms with Crippen molar-refractivity contribution in [3.63, 3.8) is 0 Å². The highest BCUT2D eigenvalue weighted by molar-refractivity contribution is 7.98. The summed E-state index contributed by atoms with van der Waals surface area (Å²) in [6.45, 7) is 0. The second kappa shape index (κ2) is 8.98. The van der Waals surface area contributed by atoms with E-state index in [4.69, 9.17) is 0 Å². The number of nitrogens with one attached hydrogen (secondary N) is 2. The topological polar surface area (TPSA) is 87.7 Å². The lowest BCUT2D eigenvalue weighted by Gasteiger charge is -2.20. The Balaban J connectivity index is 1.86. The summed E-state index contributed by atoms with van der Waals surface area (Å²) >= 11 is 1.71. The van der Waals surface area contributed by atoms with E-state index < -0.39 is 0 Å². The number of nitrogens with zero attached hydrogens (tertiary/aromatic N) is 2. The average Bonchev–Trinajstić information content (AvgIpc) is 3.20. The van der Waals surface area contributed by atoms with Crippen LogP contribution in [0.15, 0.2) is 35.4 Å². The third kappa shape index (κ3) is 4.72. The lowest BCUT2D eigenvalue weighted by molar-refractivity contribution is -0.125. The van der Waals surface area contributed by atoms with Gasteiger partial charge in [-0.25, -0.2) is 4.98 Å². The molecule has 1 atom stereocenters. The molecular formula is C19H24N4O2S. The SMILES string of the molecule is CSCCC(NC(=O)C1CCCC1)c1cc(=O)[nH]c(-c2cccnc2)n1. The second-order valence-corrected chi connectivity index (χ2v) is 7.57. The fourth-order valence-corrected chi connectivity index (χ4v) is 3.77. The lowest BCUT2D eigenvalue weighted by Crippen LogP contribution is -2.34. The van der Waals surface area contributed by atoms with Crippen LogP contribution in [0.3, 0.4) is 0 Å². The molecule has 3 rings (SSSR count). The molecule has 2 aromatic heterocycles. The van der Waals surface area contributed by atoms with Crippen molar-refractivity contribution < 1.29 is 4.79 Å². The standard InChI is InChI=1S/C19H24N4O2S/c1-26-10-8-15(22-19(25)13-5-2-3-6-13)16-11-17(24)23-18(21-16)14-7-4-9-20-12-14/h4,7,9,11-13,15H,2-3,5-6,8,10H2,1H3,(H,22,25)(H,21,23,24). The number of pyridine rings is 1. The molecule has 0 aliphatic heterocycles. The number of aromatic nitrogens is 3. The molecule has 1 aliphatic carbocycles. The van der Waals surface area contributed by atoms with E-state index in [1.54, 1.807) is 30.2 Å². The molecule has 0 spiro atoms. The molecule has 0 bridgehead atoms. The first kappa shape index (κ1) is 18.6. The van der Waals surface area contributed by atoms with Gasteiger partial charge in [-0.15, -0.1) is 0 Å². The minimum absolute atomic E-state index is 0.0820. The van der Waals surface area contributed by atoms with Gasteiger partial charge in [0, 0.05) is 29.9 Å². The van der Waals surface area contributed by atoms with Crippen LogP contribution in [0.5, 0.6) is 0 Å². The number of carbonyl (C=O) groups is 1. The Labute approximate surface area is 157 Å². The first-order valence-corrected chi connectivity index (χ1v) is 10.4. The molecule has 7 heteroatoms. The molecule has 0 aromatic carbocycles. The van der Waals surface area contributed by atoms with Gasteiger partial charge in [-0.2, -0.15) is 11.8 Å². The van der Waals surface area contributed by atoms with Crippen LogP contribution in [-0.4, -0.2) is 32.9 Å². The molecule has 2 heterocycles. The van der Waals surface area contributed by atoms with Crippen molar-refractivity contribution in [2.75, 3.05) is 12.0 Å². The summed E-state index contributed by atoms with van der Waals surface area (Å²) in [6, 6.07) is 4.88. The zero-order chi connectivity index (χ0) is 18.4. The van der Waals surface area contributed by atoms with Crippen molar-refractivity contribution in [3.8, 4) is 11.4 Å². The zero-order valence-electron chi connectivity index (χ0n) is 14.9. The Morgan fingerprint density at radius 2 is 2.23 bits per heavy atom. The van der Waals surface area contributed by atoms with Gasteiger partial charge in [-0.3, -0.25) is 14.6 Å². The molecular weight excluding hydrogens is 348 g/mol. The third-order valence-electron chi connectivity index (χ3n) is 4.71. The third-order valence-corrected chi connectivity index (χ3v) is 5.35. The predicted molar refractivity (Wildman–Crippen MR) is 104 cm³/mol. The van der Waals surface area contributed by atoms with Crippen LogP contribution in [0.1, 0.15) is 43.8 Å². The van der Waals surface area contributed by atoms with Gasteiger partial charge in [-0.1, -0.05) is 12.8 Å². The smallest absolute Gasteiger partial charge is 0.251 e. The molecule has 1 unspecified atom stereocenters. The van der Waals surface area contributed by atoms with E-state index in [0.29, 0.717) is 11.5 Å². The summed E-state index contributed by atoms with van der Waals surface area (Å²) in [4.78, 5) is 36.2. The Bertz CT molecular complexity index is 788. The van der Waals surface area contributed by atoms with E-state index in [-0.39, 0.29) is 23.4 Å². The Morgan fingerprint density at radius 3 is 2.92 bits per heavy atom. The first-order chi connectivity index (χ1) is 12.7. The van der Waals surface area contributed by atoms with Crippen LogP contribution < -0.4 is 10.9 Å². The van der Waals surface area contributed by atoms with E-state index in [0.717, 1.165) is 43.4 Å². The highest BCUT2D eigenvalue weighted by atomic mass is 32.2. The molecule has 1 saturated carbocycles. The minimum Gasteiger partial charge on any atom is -0.347 e. The fraction of sp³-hybridized carbons (Fsp3) is 0.474. The fourth-order valence-electron chi connectivity index (χ4n) is 3.30. The molecule has 138 valence electrons. The van der Waals surface area contributed by atoms with Gasteiger partial charge < -0.3 is 10.3 Å². The number of thioether (sulfide) groups is 1. The molecule has 0 saturated heterocycles. The Hall–Kier alpha value is -2.15. The van der Waals surface area contributed by atoms with Crippen molar-refractivity contribution in [3.05, 3.63) is 46.6 Å². The van der Waals surface area contributed by atoms with Crippen LogP contribution >= 0.6 is 11.8 Å². The summed E-state index contributed by atoms with van der Waals surface area (Å²) in [5, 5.41) is 3.13. The van der Waals surface area contributed by atoms with Gasteiger partial charge >= 0.3 is 0 Å². The maximum atomic E-state index is 12.6. The quantitative estimate of drug-likeness (QED) is 0.780. The summed E-state index contributed by atoms with van der Waals surface area (Å²) in [5.41, 5.74) is 1.13. The largest absolute Gasteiger partial charge is 0.347 e. The van der Waals surface area contributed by atoms with Crippen molar-refractivity contribution >= 4 is 17.7 Å². The van der Waals surface area contributed by atoms with Crippen LogP contribution in [0.4, 0.5) is 0 Å². The highest BCUT2D eigenvalue weighted by Crippen LogP contribution is 2.26. The summed E-state index contributed by atoms with van der Waals surface area (Å²) < 4.78 is 0. The molecule has 1 aliphatic rings. The van der Waals surface area contributed by atoms with Crippen LogP contribution in [0.2, 0.25) is 0 Å². The maximum Gasteiger partial charge on any atom is 0.251 e. The highest BCUT2D eigenvalue weighted by Gasteiger charge is 2.26. The Morgan fingerprint density at radius 1 is 1.42 bits per heavy atom. The van der Waals surface area contributed by atoms with Crippen molar-refractivity contribution in [2.24, 2.45) is 5.92 Å².